The summed E-state index contributed by atoms with van der Waals surface area (Å²) in [5, 5.41) is 10.9. The van der Waals surface area contributed by atoms with Gasteiger partial charge in [0.25, 0.3) is 0 Å². The van der Waals surface area contributed by atoms with Gasteiger partial charge in [0, 0.05) is 0 Å². The lowest BCUT2D eigenvalue weighted by Crippen LogP contribution is -2.26. The van der Waals surface area contributed by atoms with E-state index in [0.29, 0.717) is 6.42 Å². The zero-order chi connectivity index (χ0) is 9.68. The van der Waals surface area contributed by atoms with Gasteiger partial charge in [-0.3, -0.25) is 0 Å². The predicted octanol–water partition coefficient (Wildman–Crippen LogP) is 2.22. The van der Waals surface area contributed by atoms with E-state index in [9.17, 15) is 4.79 Å². The van der Waals surface area contributed by atoms with Gasteiger partial charge in [-0.05, 0) is 12.0 Å². The van der Waals surface area contributed by atoms with Gasteiger partial charge < -0.3 is 10.4 Å². The summed E-state index contributed by atoms with van der Waals surface area (Å²) in [5.41, 5.74) is 0.944. The molecule has 0 aliphatic rings. The Balaban J connectivity index is 2.73. The average Bonchev–Trinajstić information content (AvgIpc) is 2.15. The molecule has 0 spiro atoms. The summed E-state index contributed by atoms with van der Waals surface area (Å²) in [4.78, 5) is 10.4. The van der Waals surface area contributed by atoms with Gasteiger partial charge in [0.1, 0.15) is 0 Å². The summed E-state index contributed by atoms with van der Waals surface area (Å²) in [6.07, 6.45) is -0.506. The van der Waals surface area contributed by atoms with Crippen LogP contribution in [0.1, 0.15) is 18.0 Å². The molecule has 0 heterocycles. The number of hydrogen-bond donors (Lipinski definition) is 2. The molecule has 0 bridgehead atoms. The third kappa shape index (κ3) is 2.78. The summed E-state index contributed by atoms with van der Waals surface area (Å²) >= 11 is 0. The monoisotopic (exact) mass is 178 g/mol. The first-order chi connectivity index (χ1) is 6.24. The van der Waals surface area contributed by atoms with Crippen molar-refractivity contribution in [3.05, 3.63) is 42.8 Å². The minimum Gasteiger partial charge on any atom is -0.465 e. The molecule has 1 atom stereocenters. The Morgan fingerprint density at radius 1 is 1.46 bits per heavy atom. The van der Waals surface area contributed by atoms with Gasteiger partial charge in [0.2, 0.25) is 0 Å². The topological polar surface area (TPSA) is 49.3 Å². The van der Waals surface area contributed by atoms with Crippen molar-refractivity contribution in [3.8, 4) is 0 Å². The molecular formula is C10H12NO2. The molecule has 1 amide bonds. The molecule has 0 saturated carbocycles. The summed E-state index contributed by atoms with van der Waals surface area (Å²) in [6.45, 7) is 3.69. The predicted molar refractivity (Wildman–Crippen MR) is 50.3 cm³/mol. The van der Waals surface area contributed by atoms with Gasteiger partial charge in [0.15, 0.2) is 0 Å². The zero-order valence-electron chi connectivity index (χ0n) is 7.23. The fourth-order valence-corrected chi connectivity index (χ4v) is 1.16. The molecule has 13 heavy (non-hydrogen) atoms. The lowest BCUT2D eigenvalue weighted by molar-refractivity contribution is 0.190. The minimum atomic E-state index is -1.02. The molecule has 0 fully saturated rings. The van der Waals surface area contributed by atoms with E-state index in [1.54, 1.807) is 0 Å². The smallest absolute Gasteiger partial charge is 0.405 e. The highest BCUT2D eigenvalue weighted by molar-refractivity contribution is 5.65. The lowest BCUT2D eigenvalue weighted by Gasteiger charge is -2.14. The molecule has 1 unspecified atom stereocenters. The Morgan fingerprint density at radius 3 is 2.54 bits per heavy atom. The van der Waals surface area contributed by atoms with Gasteiger partial charge >= 0.3 is 6.09 Å². The summed E-state index contributed by atoms with van der Waals surface area (Å²) < 4.78 is 0. The zero-order valence-corrected chi connectivity index (χ0v) is 7.23. The molecule has 3 heteroatoms. The van der Waals surface area contributed by atoms with Gasteiger partial charge in [-0.1, -0.05) is 37.3 Å². The van der Waals surface area contributed by atoms with Crippen LogP contribution in [-0.4, -0.2) is 11.2 Å². The molecular weight excluding hydrogens is 166 g/mol. The van der Waals surface area contributed by atoms with E-state index in [-0.39, 0.29) is 6.04 Å². The molecule has 1 rings (SSSR count). The highest BCUT2D eigenvalue weighted by Gasteiger charge is 2.10. The second kappa shape index (κ2) is 4.50. The highest BCUT2D eigenvalue weighted by atomic mass is 16.4. The van der Waals surface area contributed by atoms with E-state index in [0.717, 1.165) is 5.56 Å². The Bertz CT molecular complexity index is 272. The summed E-state index contributed by atoms with van der Waals surface area (Å²) in [6, 6.07) is 9.20. The maximum Gasteiger partial charge on any atom is 0.405 e. The first-order valence-corrected chi connectivity index (χ1v) is 4.07. The summed E-state index contributed by atoms with van der Waals surface area (Å²) in [7, 11) is 0. The van der Waals surface area contributed by atoms with Crippen molar-refractivity contribution in [3.63, 3.8) is 0 Å². The fourth-order valence-electron chi connectivity index (χ4n) is 1.16. The molecule has 1 aromatic rings. The van der Waals surface area contributed by atoms with E-state index in [4.69, 9.17) is 5.11 Å². The quantitative estimate of drug-likeness (QED) is 0.745. The van der Waals surface area contributed by atoms with Crippen molar-refractivity contribution in [1.82, 2.24) is 5.32 Å². The Hall–Kier alpha value is -1.51. The number of nitrogens with one attached hydrogen (secondary N) is 1. The second-order valence-corrected chi connectivity index (χ2v) is 2.70. The van der Waals surface area contributed by atoms with Crippen molar-refractivity contribution in [1.29, 1.82) is 0 Å². The number of carboxylic acid groups (broad SMARTS) is 1. The van der Waals surface area contributed by atoms with E-state index in [1.165, 1.54) is 0 Å². The third-order valence-corrected chi connectivity index (χ3v) is 1.79. The van der Waals surface area contributed by atoms with Gasteiger partial charge in [-0.15, -0.1) is 0 Å². The number of carbonyl (C=O) groups is 1. The fraction of sp³-hybridized carbons (Fsp3) is 0.200. The first kappa shape index (κ1) is 9.58. The third-order valence-electron chi connectivity index (χ3n) is 1.79. The molecule has 69 valence electrons. The Kier molecular flexibility index (Phi) is 3.31. The molecule has 3 nitrogen and oxygen atoms in total. The van der Waals surface area contributed by atoms with Crippen molar-refractivity contribution >= 4 is 6.09 Å². The lowest BCUT2D eigenvalue weighted by atomic mass is 10.1. The molecule has 1 radical (unpaired) electrons. The maximum absolute atomic E-state index is 10.4. The number of benzene rings is 1. The van der Waals surface area contributed by atoms with Crippen LogP contribution in [0.5, 0.6) is 0 Å². The maximum atomic E-state index is 10.4. The SMILES string of the molecule is [CH2]CC(NC(=O)O)c1ccccc1. The minimum absolute atomic E-state index is 0.210. The molecule has 0 aliphatic heterocycles. The van der Waals surface area contributed by atoms with E-state index in [2.05, 4.69) is 12.2 Å². The van der Waals surface area contributed by atoms with Crippen molar-refractivity contribution in [2.45, 2.75) is 12.5 Å². The van der Waals surface area contributed by atoms with Crippen LogP contribution in [0.15, 0.2) is 30.3 Å². The van der Waals surface area contributed by atoms with Gasteiger partial charge in [-0.25, -0.2) is 4.79 Å². The van der Waals surface area contributed by atoms with Crippen molar-refractivity contribution < 1.29 is 9.90 Å². The van der Waals surface area contributed by atoms with Crippen LogP contribution < -0.4 is 5.32 Å². The normalized spacial score (nSPS) is 12.1. The van der Waals surface area contributed by atoms with Crippen LogP contribution in [0.2, 0.25) is 0 Å². The number of amides is 1. The van der Waals surface area contributed by atoms with Crippen LogP contribution in [0.25, 0.3) is 0 Å². The average molecular weight is 178 g/mol. The molecule has 2 N–H and O–H groups in total. The molecule has 0 aliphatic carbocycles. The molecule has 0 saturated heterocycles. The number of rotatable bonds is 3. The molecule has 0 aromatic heterocycles. The van der Waals surface area contributed by atoms with Crippen LogP contribution in [0.3, 0.4) is 0 Å². The first-order valence-electron chi connectivity index (χ1n) is 4.07. The molecule has 1 aromatic carbocycles. The second-order valence-electron chi connectivity index (χ2n) is 2.70. The van der Waals surface area contributed by atoms with Crippen LogP contribution in [-0.2, 0) is 0 Å². The van der Waals surface area contributed by atoms with E-state index < -0.39 is 6.09 Å². The van der Waals surface area contributed by atoms with E-state index in [1.807, 2.05) is 30.3 Å². The highest BCUT2D eigenvalue weighted by Crippen LogP contribution is 2.14. The van der Waals surface area contributed by atoms with Crippen molar-refractivity contribution in [2.75, 3.05) is 0 Å². The summed E-state index contributed by atoms with van der Waals surface area (Å²) in [5.74, 6) is 0. The Morgan fingerprint density at radius 2 is 2.08 bits per heavy atom. The van der Waals surface area contributed by atoms with E-state index >= 15 is 0 Å². The van der Waals surface area contributed by atoms with Gasteiger partial charge in [-0.2, -0.15) is 0 Å². The standard InChI is InChI=1S/C10H12NO2/c1-2-9(11-10(12)13)8-6-4-3-5-7-8/h3-7,9,11H,1-2H2,(H,12,13). The van der Waals surface area contributed by atoms with Crippen molar-refractivity contribution in [2.24, 2.45) is 0 Å². The van der Waals surface area contributed by atoms with Crippen LogP contribution >= 0.6 is 0 Å². The van der Waals surface area contributed by atoms with Crippen LogP contribution in [0.4, 0.5) is 4.79 Å². The van der Waals surface area contributed by atoms with Crippen LogP contribution in [0, 0.1) is 6.92 Å². The number of hydrogen-bond acceptors (Lipinski definition) is 1. The van der Waals surface area contributed by atoms with Gasteiger partial charge in [0.05, 0.1) is 6.04 Å². The largest absolute Gasteiger partial charge is 0.465 e. The Labute approximate surface area is 77.4 Å².